The predicted octanol–water partition coefficient (Wildman–Crippen LogP) is 5.01. The molecule has 0 aliphatic carbocycles. The van der Waals surface area contributed by atoms with Crippen molar-refractivity contribution in [1.82, 2.24) is 10.1 Å². The number of amides is 2. The zero-order valence-electron chi connectivity index (χ0n) is 19.0. The molecule has 1 aliphatic rings. The third-order valence-electron chi connectivity index (χ3n) is 6.11. The van der Waals surface area contributed by atoms with Crippen LogP contribution in [0.3, 0.4) is 0 Å². The lowest BCUT2D eigenvalue weighted by atomic mass is 10.1. The van der Waals surface area contributed by atoms with E-state index in [1.54, 1.807) is 17.0 Å². The Labute approximate surface area is 197 Å². The first-order valence-electron chi connectivity index (χ1n) is 11.2. The van der Waals surface area contributed by atoms with Crippen LogP contribution in [-0.4, -0.2) is 28.5 Å². The Hall–Kier alpha value is -4.26. The Morgan fingerprint density at radius 1 is 0.971 bits per heavy atom. The minimum atomic E-state index is -0.403. The molecule has 1 saturated heterocycles. The molecule has 4 aromatic rings. The minimum absolute atomic E-state index is 0.0364. The smallest absolute Gasteiger partial charge is 0.258 e. The fourth-order valence-corrected chi connectivity index (χ4v) is 4.20. The average molecular weight is 453 g/mol. The third kappa shape index (κ3) is 4.20. The molecule has 2 amide bonds. The third-order valence-corrected chi connectivity index (χ3v) is 6.11. The van der Waals surface area contributed by atoms with Gasteiger partial charge in [0.1, 0.15) is 0 Å². The zero-order chi connectivity index (χ0) is 23.7. The molecular weight excluding hydrogens is 428 g/mol. The topological polar surface area (TPSA) is 88.3 Å². The molecule has 1 fully saturated rings. The quantitative estimate of drug-likeness (QED) is 0.460. The Bertz CT molecular complexity index is 1360. The van der Waals surface area contributed by atoms with E-state index in [1.807, 2.05) is 74.5 Å². The molecule has 1 unspecified atom stereocenters. The molecule has 0 bridgehead atoms. The Balaban J connectivity index is 1.25. The molecule has 0 spiro atoms. The molecule has 1 aliphatic heterocycles. The van der Waals surface area contributed by atoms with Gasteiger partial charge >= 0.3 is 0 Å². The summed E-state index contributed by atoms with van der Waals surface area (Å²) < 4.78 is 5.45. The van der Waals surface area contributed by atoms with E-state index in [2.05, 4.69) is 15.5 Å². The van der Waals surface area contributed by atoms with Crippen LogP contribution in [-0.2, 0) is 9.59 Å². The van der Waals surface area contributed by atoms with Gasteiger partial charge in [0.05, 0.1) is 5.92 Å². The van der Waals surface area contributed by atoms with Gasteiger partial charge in [-0.1, -0.05) is 47.6 Å². The number of nitrogens with zero attached hydrogens (tertiary/aromatic N) is 3. The molecule has 3 aromatic carbocycles. The Morgan fingerprint density at radius 3 is 2.41 bits per heavy atom. The van der Waals surface area contributed by atoms with E-state index in [1.165, 1.54) is 0 Å². The summed E-state index contributed by atoms with van der Waals surface area (Å²) in [6.45, 7) is 4.34. The number of para-hydroxylation sites is 1. The molecule has 5 rings (SSSR count). The molecule has 1 N–H and O–H groups in total. The van der Waals surface area contributed by atoms with Crippen LogP contribution in [0, 0.1) is 19.8 Å². The number of nitrogens with one attached hydrogen (secondary N) is 1. The molecule has 34 heavy (non-hydrogen) atoms. The second-order valence-corrected chi connectivity index (χ2v) is 8.50. The molecule has 170 valence electrons. The SMILES string of the molecule is Cc1ccccc1-c1noc(-c2ccc(NC(=O)C3CC(=O)N(c4ccccc4C)C3)cc2)n1. The van der Waals surface area contributed by atoms with Gasteiger partial charge in [0.15, 0.2) is 0 Å². The lowest BCUT2D eigenvalue weighted by Gasteiger charge is -2.19. The molecule has 1 atom stereocenters. The summed E-state index contributed by atoms with van der Waals surface area (Å²) in [7, 11) is 0. The summed E-state index contributed by atoms with van der Waals surface area (Å²) in [5.41, 5.74) is 5.27. The average Bonchev–Trinajstić information content (AvgIpc) is 3.48. The molecule has 2 heterocycles. The number of aromatic nitrogens is 2. The van der Waals surface area contributed by atoms with Crippen LogP contribution in [0.1, 0.15) is 17.5 Å². The number of rotatable bonds is 5. The maximum atomic E-state index is 12.8. The van der Waals surface area contributed by atoms with Crippen LogP contribution in [0.2, 0.25) is 0 Å². The first-order valence-corrected chi connectivity index (χ1v) is 11.2. The van der Waals surface area contributed by atoms with Gasteiger partial charge in [-0.15, -0.1) is 0 Å². The highest BCUT2D eigenvalue weighted by Crippen LogP contribution is 2.29. The van der Waals surface area contributed by atoms with Crippen molar-refractivity contribution in [2.45, 2.75) is 20.3 Å². The number of anilines is 2. The monoisotopic (exact) mass is 452 g/mol. The molecule has 1 aromatic heterocycles. The van der Waals surface area contributed by atoms with Gasteiger partial charge in [0, 0.05) is 35.5 Å². The number of carbonyl (C=O) groups excluding carboxylic acids is 2. The van der Waals surface area contributed by atoms with E-state index >= 15 is 0 Å². The lowest BCUT2D eigenvalue weighted by Crippen LogP contribution is -2.28. The van der Waals surface area contributed by atoms with Gasteiger partial charge in [-0.3, -0.25) is 9.59 Å². The van der Waals surface area contributed by atoms with E-state index in [0.29, 0.717) is 23.9 Å². The van der Waals surface area contributed by atoms with Crippen molar-refractivity contribution < 1.29 is 14.1 Å². The van der Waals surface area contributed by atoms with Gasteiger partial charge in [0.2, 0.25) is 17.6 Å². The van der Waals surface area contributed by atoms with Crippen molar-refractivity contribution in [2.75, 3.05) is 16.8 Å². The van der Waals surface area contributed by atoms with Crippen LogP contribution in [0.5, 0.6) is 0 Å². The number of benzene rings is 3. The van der Waals surface area contributed by atoms with Gasteiger partial charge in [-0.25, -0.2) is 0 Å². The molecule has 7 heteroatoms. The highest BCUT2D eigenvalue weighted by molar-refractivity contribution is 6.03. The highest BCUT2D eigenvalue weighted by Gasteiger charge is 2.35. The molecule has 7 nitrogen and oxygen atoms in total. The second kappa shape index (κ2) is 8.94. The summed E-state index contributed by atoms with van der Waals surface area (Å²) in [5.74, 6) is 0.336. The van der Waals surface area contributed by atoms with Crippen molar-refractivity contribution in [2.24, 2.45) is 5.92 Å². The fraction of sp³-hybridized carbons (Fsp3) is 0.185. The normalized spacial score (nSPS) is 15.5. The number of carbonyl (C=O) groups is 2. The van der Waals surface area contributed by atoms with Crippen molar-refractivity contribution in [3.05, 3.63) is 83.9 Å². The molecular formula is C27H24N4O3. The summed E-state index contributed by atoms with van der Waals surface area (Å²) >= 11 is 0. The number of hydrogen-bond donors (Lipinski definition) is 1. The number of aryl methyl sites for hydroxylation is 2. The van der Waals surface area contributed by atoms with Crippen LogP contribution in [0.25, 0.3) is 22.8 Å². The van der Waals surface area contributed by atoms with Gasteiger partial charge in [-0.2, -0.15) is 4.98 Å². The maximum absolute atomic E-state index is 12.8. The maximum Gasteiger partial charge on any atom is 0.258 e. The van der Waals surface area contributed by atoms with Crippen molar-refractivity contribution in [1.29, 1.82) is 0 Å². The standard InChI is InChI=1S/C27H24N4O3/c1-17-7-3-5-9-22(17)25-29-27(34-30-25)19-11-13-21(14-12-19)28-26(33)20-15-24(32)31(16-20)23-10-6-4-8-18(23)2/h3-14,20H,15-16H2,1-2H3,(H,28,33). The summed E-state index contributed by atoms with van der Waals surface area (Å²) in [4.78, 5) is 31.6. The fourth-order valence-electron chi connectivity index (χ4n) is 4.20. The van der Waals surface area contributed by atoms with Crippen LogP contribution in [0.15, 0.2) is 77.3 Å². The van der Waals surface area contributed by atoms with E-state index in [9.17, 15) is 9.59 Å². The summed E-state index contributed by atoms with van der Waals surface area (Å²) in [6.07, 6.45) is 0.196. The van der Waals surface area contributed by atoms with Crippen molar-refractivity contribution in [3.8, 4) is 22.8 Å². The van der Waals surface area contributed by atoms with Crippen molar-refractivity contribution in [3.63, 3.8) is 0 Å². The minimum Gasteiger partial charge on any atom is -0.334 e. The second-order valence-electron chi connectivity index (χ2n) is 8.50. The van der Waals surface area contributed by atoms with E-state index in [4.69, 9.17) is 4.52 Å². The largest absolute Gasteiger partial charge is 0.334 e. The Kier molecular flexibility index (Phi) is 5.67. The van der Waals surface area contributed by atoms with E-state index in [-0.39, 0.29) is 18.2 Å². The zero-order valence-corrected chi connectivity index (χ0v) is 19.0. The highest BCUT2D eigenvalue weighted by atomic mass is 16.5. The van der Waals surface area contributed by atoms with E-state index < -0.39 is 5.92 Å². The summed E-state index contributed by atoms with van der Waals surface area (Å²) in [5, 5.41) is 7.02. The first kappa shape index (κ1) is 21.6. The van der Waals surface area contributed by atoms with Crippen molar-refractivity contribution >= 4 is 23.2 Å². The lowest BCUT2D eigenvalue weighted by molar-refractivity contribution is -0.122. The Morgan fingerprint density at radius 2 is 1.68 bits per heavy atom. The molecule has 0 saturated carbocycles. The van der Waals surface area contributed by atoms with Crippen LogP contribution in [0.4, 0.5) is 11.4 Å². The number of hydrogen-bond acceptors (Lipinski definition) is 5. The summed E-state index contributed by atoms with van der Waals surface area (Å²) in [6, 6.07) is 22.8. The van der Waals surface area contributed by atoms with E-state index in [0.717, 1.165) is 27.9 Å². The molecule has 0 radical (unpaired) electrons. The predicted molar refractivity (Wildman–Crippen MR) is 130 cm³/mol. The van der Waals surface area contributed by atoms with Gasteiger partial charge in [-0.05, 0) is 55.3 Å². The first-order chi connectivity index (χ1) is 16.5. The van der Waals surface area contributed by atoms with Crippen LogP contribution >= 0.6 is 0 Å². The van der Waals surface area contributed by atoms with Gasteiger partial charge < -0.3 is 14.7 Å². The van der Waals surface area contributed by atoms with Crippen LogP contribution < -0.4 is 10.2 Å². The van der Waals surface area contributed by atoms with Gasteiger partial charge in [0.25, 0.3) is 5.89 Å².